The van der Waals surface area contributed by atoms with Gasteiger partial charge in [0.05, 0.1) is 6.04 Å². The van der Waals surface area contributed by atoms with E-state index in [2.05, 4.69) is 19.2 Å². The fourth-order valence-corrected chi connectivity index (χ4v) is 1.71. The Balaban J connectivity index is 2.44. The molecule has 0 aromatic rings. The average Bonchev–Trinajstić information content (AvgIpc) is 2.41. The van der Waals surface area contributed by atoms with Crippen molar-refractivity contribution in [3.8, 4) is 0 Å². The Morgan fingerprint density at radius 1 is 1.57 bits per heavy atom. The van der Waals surface area contributed by atoms with Gasteiger partial charge in [0.1, 0.15) is 12.4 Å². The van der Waals surface area contributed by atoms with Gasteiger partial charge in [0, 0.05) is 6.42 Å². The molecular weight excluding hydrogens is 182 g/mol. The molecule has 0 bridgehead atoms. The van der Waals surface area contributed by atoms with Crippen LogP contribution < -0.4 is 5.32 Å². The van der Waals surface area contributed by atoms with Gasteiger partial charge >= 0.3 is 6.09 Å². The van der Waals surface area contributed by atoms with Crippen molar-refractivity contribution in [2.24, 2.45) is 5.92 Å². The molecule has 0 aromatic heterocycles. The fourth-order valence-electron chi connectivity index (χ4n) is 1.71. The second kappa shape index (κ2) is 4.98. The zero-order valence-corrected chi connectivity index (χ0v) is 8.66. The summed E-state index contributed by atoms with van der Waals surface area (Å²) >= 11 is 0. The summed E-state index contributed by atoms with van der Waals surface area (Å²) in [6, 6.07) is 0.0717. The van der Waals surface area contributed by atoms with Gasteiger partial charge < -0.3 is 14.8 Å². The number of nitrogens with one attached hydrogen (secondary N) is 1. The summed E-state index contributed by atoms with van der Waals surface area (Å²) in [6.45, 7) is 4.20. The minimum Gasteiger partial charge on any atom is -0.444 e. The summed E-state index contributed by atoms with van der Waals surface area (Å²) in [5.74, 6) is 0.515. The number of carbonyl (C=O) groups excluding carboxylic acids is 2. The van der Waals surface area contributed by atoms with Crippen molar-refractivity contribution in [2.45, 2.75) is 45.3 Å². The van der Waals surface area contributed by atoms with Gasteiger partial charge in [-0.05, 0) is 18.8 Å². The van der Waals surface area contributed by atoms with E-state index in [0.717, 1.165) is 12.7 Å². The lowest BCUT2D eigenvalue weighted by Crippen LogP contribution is -2.32. The first-order valence-electron chi connectivity index (χ1n) is 5.04. The normalized spacial score (nSPS) is 26.1. The third-order valence-corrected chi connectivity index (χ3v) is 2.30. The molecule has 1 rings (SSSR count). The van der Waals surface area contributed by atoms with Gasteiger partial charge in [-0.1, -0.05) is 13.8 Å². The van der Waals surface area contributed by atoms with Gasteiger partial charge in [0.25, 0.3) is 0 Å². The van der Waals surface area contributed by atoms with Gasteiger partial charge in [-0.3, -0.25) is 0 Å². The zero-order valence-electron chi connectivity index (χ0n) is 8.66. The van der Waals surface area contributed by atoms with E-state index in [1.165, 1.54) is 0 Å². The van der Waals surface area contributed by atoms with E-state index < -0.39 is 0 Å². The van der Waals surface area contributed by atoms with Crippen molar-refractivity contribution < 1.29 is 14.3 Å². The van der Waals surface area contributed by atoms with Crippen LogP contribution in [0.3, 0.4) is 0 Å². The number of carbonyl (C=O) groups is 2. The topological polar surface area (TPSA) is 55.4 Å². The molecule has 14 heavy (non-hydrogen) atoms. The van der Waals surface area contributed by atoms with Crippen LogP contribution >= 0.6 is 0 Å². The molecule has 0 aromatic carbocycles. The highest BCUT2D eigenvalue weighted by Gasteiger charge is 2.33. The lowest BCUT2D eigenvalue weighted by atomic mass is 9.97. The summed E-state index contributed by atoms with van der Waals surface area (Å²) < 4.78 is 5.07. The molecule has 1 fully saturated rings. The number of hydrogen-bond donors (Lipinski definition) is 1. The Bertz CT molecular complexity index is 215. The van der Waals surface area contributed by atoms with Crippen LogP contribution in [0.4, 0.5) is 4.79 Å². The maximum Gasteiger partial charge on any atom is 0.407 e. The highest BCUT2D eigenvalue weighted by molar-refractivity contribution is 5.70. The molecule has 2 atom stereocenters. The second-order valence-corrected chi connectivity index (χ2v) is 4.07. The monoisotopic (exact) mass is 199 g/mol. The van der Waals surface area contributed by atoms with Crippen molar-refractivity contribution in [3.63, 3.8) is 0 Å². The maximum atomic E-state index is 11.0. The van der Waals surface area contributed by atoms with E-state index in [1.807, 2.05) is 0 Å². The standard InChI is InChI=1S/C10H17NO3/c1-7(2)6-8-9(4-3-5-12)14-10(13)11-8/h5,7-9H,3-4,6H2,1-2H3,(H,11,13). The fraction of sp³-hybridized carbons (Fsp3) is 0.800. The molecule has 0 radical (unpaired) electrons. The van der Waals surface area contributed by atoms with Crippen molar-refractivity contribution >= 4 is 12.4 Å². The molecule has 1 heterocycles. The predicted molar refractivity (Wildman–Crippen MR) is 51.9 cm³/mol. The first kappa shape index (κ1) is 11.0. The van der Waals surface area contributed by atoms with Gasteiger partial charge in [0.15, 0.2) is 0 Å². The van der Waals surface area contributed by atoms with E-state index in [1.54, 1.807) is 0 Å². The van der Waals surface area contributed by atoms with Gasteiger partial charge in [0.2, 0.25) is 0 Å². The molecule has 4 heteroatoms. The summed E-state index contributed by atoms with van der Waals surface area (Å²) in [4.78, 5) is 21.2. The molecule has 1 saturated heterocycles. The van der Waals surface area contributed by atoms with Crippen molar-refractivity contribution in [2.75, 3.05) is 0 Å². The Kier molecular flexibility index (Phi) is 3.92. The first-order valence-corrected chi connectivity index (χ1v) is 5.04. The summed E-state index contributed by atoms with van der Waals surface area (Å²) in [5, 5.41) is 2.77. The summed E-state index contributed by atoms with van der Waals surface area (Å²) in [5.41, 5.74) is 0. The lowest BCUT2D eigenvalue weighted by Gasteiger charge is -2.17. The average molecular weight is 199 g/mol. The number of hydrogen-bond acceptors (Lipinski definition) is 3. The maximum absolute atomic E-state index is 11.0. The Labute approximate surface area is 84.0 Å². The molecule has 4 nitrogen and oxygen atoms in total. The van der Waals surface area contributed by atoms with E-state index in [0.29, 0.717) is 18.8 Å². The minimum absolute atomic E-state index is 0.0717. The molecule has 0 aliphatic carbocycles. The van der Waals surface area contributed by atoms with Gasteiger partial charge in [-0.15, -0.1) is 0 Å². The molecule has 2 unspecified atom stereocenters. The zero-order chi connectivity index (χ0) is 10.6. The van der Waals surface area contributed by atoms with E-state index >= 15 is 0 Å². The molecule has 0 saturated carbocycles. The van der Waals surface area contributed by atoms with E-state index in [-0.39, 0.29) is 18.2 Å². The van der Waals surface area contributed by atoms with Crippen LogP contribution in [-0.4, -0.2) is 24.5 Å². The van der Waals surface area contributed by atoms with Gasteiger partial charge in [-0.25, -0.2) is 4.79 Å². The minimum atomic E-state index is -0.355. The van der Waals surface area contributed by atoms with Crippen molar-refractivity contribution in [3.05, 3.63) is 0 Å². The Hall–Kier alpha value is -1.06. The molecule has 80 valence electrons. The SMILES string of the molecule is CC(C)CC1NC(=O)OC1CCC=O. The number of ether oxygens (including phenoxy) is 1. The van der Waals surface area contributed by atoms with E-state index in [9.17, 15) is 9.59 Å². The number of cyclic esters (lactones) is 1. The van der Waals surface area contributed by atoms with E-state index in [4.69, 9.17) is 4.74 Å². The van der Waals surface area contributed by atoms with Gasteiger partial charge in [-0.2, -0.15) is 0 Å². The van der Waals surface area contributed by atoms with Crippen molar-refractivity contribution in [1.29, 1.82) is 0 Å². The van der Waals surface area contributed by atoms with Crippen LogP contribution in [0.25, 0.3) is 0 Å². The van der Waals surface area contributed by atoms with Crippen molar-refractivity contribution in [1.82, 2.24) is 5.32 Å². The smallest absolute Gasteiger partial charge is 0.407 e. The summed E-state index contributed by atoms with van der Waals surface area (Å²) in [7, 11) is 0. The first-order chi connectivity index (χ1) is 6.63. The quantitative estimate of drug-likeness (QED) is 0.682. The van der Waals surface area contributed by atoms with Crippen LogP contribution in [0.15, 0.2) is 0 Å². The van der Waals surface area contributed by atoms with Crippen LogP contribution in [0.1, 0.15) is 33.1 Å². The van der Waals surface area contributed by atoms with Crippen LogP contribution in [0, 0.1) is 5.92 Å². The number of amides is 1. The third kappa shape index (κ3) is 3.01. The molecule has 1 amide bonds. The van der Waals surface area contributed by atoms with Crippen LogP contribution in [0.5, 0.6) is 0 Å². The molecule has 1 aliphatic rings. The number of alkyl carbamates (subject to hydrolysis) is 1. The number of aldehydes is 1. The highest BCUT2D eigenvalue weighted by Crippen LogP contribution is 2.19. The Morgan fingerprint density at radius 2 is 2.29 bits per heavy atom. The lowest BCUT2D eigenvalue weighted by molar-refractivity contribution is -0.108. The largest absolute Gasteiger partial charge is 0.444 e. The molecular formula is C10H17NO3. The number of rotatable bonds is 5. The summed E-state index contributed by atoms with van der Waals surface area (Å²) in [6.07, 6.45) is 2.35. The third-order valence-electron chi connectivity index (χ3n) is 2.30. The Morgan fingerprint density at radius 3 is 2.86 bits per heavy atom. The molecule has 1 aliphatic heterocycles. The molecule has 0 spiro atoms. The van der Waals surface area contributed by atoms with Crippen LogP contribution in [-0.2, 0) is 9.53 Å². The second-order valence-electron chi connectivity index (χ2n) is 4.07. The highest BCUT2D eigenvalue weighted by atomic mass is 16.6. The predicted octanol–water partition coefficient (Wildman–Crippen LogP) is 1.49. The molecule has 1 N–H and O–H groups in total. The van der Waals surface area contributed by atoms with Crippen LogP contribution in [0.2, 0.25) is 0 Å².